The molecule has 6 heteroatoms. The summed E-state index contributed by atoms with van der Waals surface area (Å²) in [6.07, 6.45) is 6.71. The van der Waals surface area contributed by atoms with Gasteiger partial charge in [0.15, 0.2) is 0 Å². The lowest BCUT2D eigenvalue weighted by molar-refractivity contribution is -0.146. The Bertz CT molecular complexity index is 765. The zero-order valence-corrected chi connectivity index (χ0v) is 14.4. The first-order valence-electron chi connectivity index (χ1n) is 9.16. The molecule has 0 aromatic heterocycles. The molecular formula is C20H22N2O4. The quantitative estimate of drug-likeness (QED) is 0.813. The number of amides is 2. The minimum Gasteiger partial charge on any atom is -0.481 e. The van der Waals surface area contributed by atoms with Crippen LogP contribution in [0.15, 0.2) is 36.4 Å². The van der Waals surface area contributed by atoms with Crippen LogP contribution < -0.4 is 5.32 Å². The molecule has 1 heterocycles. The van der Waals surface area contributed by atoms with Gasteiger partial charge in [0.2, 0.25) is 5.91 Å². The second-order valence-electron chi connectivity index (χ2n) is 7.40. The monoisotopic (exact) mass is 354 g/mol. The first-order valence-corrected chi connectivity index (χ1v) is 9.16. The third kappa shape index (κ3) is 2.89. The molecular weight excluding hydrogens is 332 g/mol. The predicted molar refractivity (Wildman–Crippen MR) is 95.6 cm³/mol. The smallest absolute Gasteiger partial charge is 0.307 e. The lowest BCUT2D eigenvalue weighted by Gasteiger charge is -2.24. The van der Waals surface area contributed by atoms with Gasteiger partial charge >= 0.3 is 5.97 Å². The van der Waals surface area contributed by atoms with E-state index in [9.17, 15) is 19.5 Å². The van der Waals surface area contributed by atoms with Crippen LogP contribution in [0.5, 0.6) is 0 Å². The number of carboxylic acid groups (broad SMARTS) is 1. The van der Waals surface area contributed by atoms with Crippen LogP contribution in [0.2, 0.25) is 0 Å². The second kappa shape index (κ2) is 6.59. The highest BCUT2D eigenvalue weighted by molar-refractivity contribution is 5.98. The van der Waals surface area contributed by atoms with Gasteiger partial charge in [-0.05, 0) is 55.4 Å². The Balaban J connectivity index is 1.44. The molecule has 2 bridgehead atoms. The van der Waals surface area contributed by atoms with Crippen molar-refractivity contribution in [1.29, 1.82) is 0 Å². The molecule has 3 aliphatic rings. The standard InChI is InChI=1S/C20H22N2O4/c23-18(16-13-3-4-14(11-13)17(16)20(25)26)21-15-7-5-12(6-8-15)19(24)22-9-1-2-10-22/h3-8,13-14,16-17H,1-2,9-11H2,(H,21,23)(H,25,26)/t13-,14+,16-,17+/m1/s1. The van der Waals surface area contributed by atoms with Gasteiger partial charge in [-0.15, -0.1) is 0 Å². The number of carbonyl (C=O) groups excluding carboxylic acids is 2. The highest BCUT2D eigenvalue weighted by Gasteiger charge is 2.51. The topological polar surface area (TPSA) is 86.7 Å². The Hall–Kier alpha value is -2.63. The van der Waals surface area contributed by atoms with E-state index in [2.05, 4.69) is 5.32 Å². The number of aliphatic carboxylic acids is 1. The summed E-state index contributed by atoms with van der Waals surface area (Å²) in [5.74, 6) is -2.38. The van der Waals surface area contributed by atoms with Crippen LogP contribution in [-0.4, -0.2) is 40.9 Å². The van der Waals surface area contributed by atoms with Gasteiger partial charge in [0.05, 0.1) is 11.8 Å². The molecule has 4 rings (SSSR count). The first-order chi connectivity index (χ1) is 12.5. The van der Waals surface area contributed by atoms with E-state index in [0.717, 1.165) is 32.4 Å². The van der Waals surface area contributed by atoms with E-state index in [1.165, 1.54) is 0 Å². The molecule has 6 nitrogen and oxygen atoms in total. The van der Waals surface area contributed by atoms with Gasteiger partial charge in [-0.25, -0.2) is 0 Å². The van der Waals surface area contributed by atoms with Crippen LogP contribution in [0.4, 0.5) is 5.69 Å². The molecule has 1 aromatic carbocycles. The number of nitrogens with one attached hydrogen (secondary N) is 1. The molecule has 0 spiro atoms. The Morgan fingerprint density at radius 3 is 2.19 bits per heavy atom. The fourth-order valence-electron chi connectivity index (χ4n) is 4.54. The molecule has 2 fully saturated rings. The fraction of sp³-hybridized carbons (Fsp3) is 0.450. The minimum absolute atomic E-state index is 0.00267. The molecule has 1 saturated carbocycles. The van der Waals surface area contributed by atoms with Crippen LogP contribution in [0.1, 0.15) is 29.6 Å². The van der Waals surface area contributed by atoms with Gasteiger partial charge in [-0.2, -0.15) is 0 Å². The van der Waals surface area contributed by atoms with Crippen molar-refractivity contribution in [2.45, 2.75) is 19.3 Å². The van der Waals surface area contributed by atoms with Crippen LogP contribution in [0, 0.1) is 23.7 Å². The Morgan fingerprint density at radius 2 is 1.58 bits per heavy atom. The molecule has 136 valence electrons. The van der Waals surface area contributed by atoms with Gasteiger partial charge in [0.1, 0.15) is 0 Å². The van der Waals surface area contributed by atoms with E-state index in [-0.39, 0.29) is 23.7 Å². The zero-order chi connectivity index (χ0) is 18.3. The van der Waals surface area contributed by atoms with Crippen LogP contribution >= 0.6 is 0 Å². The van der Waals surface area contributed by atoms with E-state index in [1.807, 2.05) is 17.1 Å². The maximum Gasteiger partial charge on any atom is 0.307 e. The minimum atomic E-state index is -0.909. The molecule has 1 aromatic rings. The Labute approximate surface area is 151 Å². The molecule has 4 atom stereocenters. The number of nitrogens with zero attached hydrogens (tertiary/aromatic N) is 1. The van der Waals surface area contributed by atoms with Gasteiger partial charge in [-0.1, -0.05) is 12.2 Å². The first kappa shape index (κ1) is 16.8. The highest BCUT2D eigenvalue weighted by atomic mass is 16.4. The normalized spacial score (nSPS) is 29.2. The lowest BCUT2D eigenvalue weighted by Crippen LogP contribution is -2.36. The van der Waals surface area contributed by atoms with Gasteiger partial charge in [0, 0.05) is 24.3 Å². The van der Waals surface area contributed by atoms with Crippen molar-refractivity contribution in [1.82, 2.24) is 4.90 Å². The zero-order valence-electron chi connectivity index (χ0n) is 14.4. The van der Waals surface area contributed by atoms with E-state index in [4.69, 9.17) is 0 Å². The molecule has 2 amide bonds. The fourth-order valence-corrected chi connectivity index (χ4v) is 4.54. The van der Waals surface area contributed by atoms with E-state index in [1.54, 1.807) is 24.3 Å². The molecule has 2 aliphatic carbocycles. The predicted octanol–water partition coefficient (Wildman–Crippen LogP) is 2.38. The number of fused-ring (bicyclic) bond motifs is 2. The third-order valence-electron chi connectivity index (χ3n) is 5.84. The summed E-state index contributed by atoms with van der Waals surface area (Å²) in [5, 5.41) is 12.3. The third-order valence-corrected chi connectivity index (χ3v) is 5.84. The molecule has 0 unspecified atom stereocenters. The maximum absolute atomic E-state index is 12.7. The van der Waals surface area contributed by atoms with Crippen molar-refractivity contribution in [3.8, 4) is 0 Å². The highest BCUT2D eigenvalue weighted by Crippen LogP contribution is 2.48. The largest absolute Gasteiger partial charge is 0.481 e. The Morgan fingerprint density at radius 1 is 0.962 bits per heavy atom. The van der Waals surface area contributed by atoms with Gasteiger partial charge in [-0.3, -0.25) is 14.4 Å². The molecule has 2 N–H and O–H groups in total. The summed E-state index contributed by atoms with van der Waals surface area (Å²) in [7, 11) is 0. The van der Waals surface area contributed by atoms with E-state index < -0.39 is 17.8 Å². The molecule has 1 saturated heterocycles. The number of benzene rings is 1. The van der Waals surface area contributed by atoms with Gasteiger partial charge < -0.3 is 15.3 Å². The number of hydrogen-bond donors (Lipinski definition) is 2. The summed E-state index contributed by atoms with van der Waals surface area (Å²) in [5.41, 5.74) is 1.19. The number of rotatable bonds is 4. The number of carboxylic acids is 1. The van der Waals surface area contributed by atoms with E-state index >= 15 is 0 Å². The van der Waals surface area contributed by atoms with Crippen LogP contribution in [0.25, 0.3) is 0 Å². The summed E-state index contributed by atoms with van der Waals surface area (Å²) < 4.78 is 0. The van der Waals surface area contributed by atoms with Crippen molar-refractivity contribution in [3.05, 3.63) is 42.0 Å². The molecule has 1 aliphatic heterocycles. The van der Waals surface area contributed by atoms with Crippen molar-refractivity contribution in [2.24, 2.45) is 23.7 Å². The summed E-state index contributed by atoms with van der Waals surface area (Å²) in [6, 6.07) is 6.84. The number of allylic oxidation sites excluding steroid dienone is 2. The van der Waals surface area contributed by atoms with Crippen molar-refractivity contribution >= 4 is 23.5 Å². The number of likely N-dealkylation sites (tertiary alicyclic amines) is 1. The lowest BCUT2D eigenvalue weighted by atomic mass is 9.82. The van der Waals surface area contributed by atoms with Gasteiger partial charge in [0.25, 0.3) is 5.91 Å². The van der Waals surface area contributed by atoms with E-state index in [0.29, 0.717) is 11.3 Å². The summed E-state index contributed by atoms with van der Waals surface area (Å²) >= 11 is 0. The number of hydrogen-bond acceptors (Lipinski definition) is 3. The van der Waals surface area contributed by atoms with Crippen molar-refractivity contribution in [3.63, 3.8) is 0 Å². The average Bonchev–Trinajstić information content (AvgIpc) is 3.37. The molecule has 0 radical (unpaired) electrons. The number of anilines is 1. The van der Waals surface area contributed by atoms with Crippen LogP contribution in [0.3, 0.4) is 0 Å². The average molecular weight is 354 g/mol. The Kier molecular flexibility index (Phi) is 4.26. The SMILES string of the molecule is O=C(O)[C@@H]1[C@H](C(=O)Nc2ccc(C(=O)N3CCCC3)cc2)[C@@H]2C=C[C@H]1C2. The summed E-state index contributed by atoms with van der Waals surface area (Å²) in [4.78, 5) is 38.4. The number of carbonyl (C=O) groups is 3. The van der Waals surface area contributed by atoms with Crippen LogP contribution in [-0.2, 0) is 9.59 Å². The van der Waals surface area contributed by atoms with Crippen molar-refractivity contribution < 1.29 is 19.5 Å². The molecule has 26 heavy (non-hydrogen) atoms. The van der Waals surface area contributed by atoms with Crippen molar-refractivity contribution in [2.75, 3.05) is 18.4 Å². The maximum atomic E-state index is 12.7. The second-order valence-corrected chi connectivity index (χ2v) is 7.40. The summed E-state index contributed by atoms with van der Waals surface area (Å²) in [6.45, 7) is 1.59.